The normalized spacial score (nSPS) is 14.5. The molecular formula is C17H19N3O4. The van der Waals surface area contributed by atoms with Crippen LogP contribution in [0.1, 0.15) is 17.3 Å². The Bertz CT molecular complexity index is 785. The maximum atomic E-state index is 12.6. The van der Waals surface area contributed by atoms with Crippen molar-refractivity contribution in [3.8, 4) is 5.88 Å². The molecular weight excluding hydrogens is 310 g/mol. The number of amides is 2. The monoisotopic (exact) mass is 329 g/mol. The average molecular weight is 329 g/mol. The van der Waals surface area contributed by atoms with Crippen LogP contribution in [-0.2, 0) is 9.53 Å². The topological polar surface area (TPSA) is 80.8 Å². The second-order valence-electron chi connectivity index (χ2n) is 5.53. The van der Waals surface area contributed by atoms with Crippen LogP contribution in [0.15, 0.2) is 24.3 Å². The van der Waals surface area contributed by atoms with Crippen molar-refractivity contribution in [2.24, 2.45) is 0 Å². The van der Waals surface area contributed by atoms with Crippen LogP contribution in [0.2, 0.25) is 0 Å². The van der Waals surface area contributed by atoms with Crippen LogP contribution in [0, 0.1) is 0 Å². The number of fused-ring (bicyclic) bond motifs is 1. The number of carbonyl (C=O) groups excluding carboxylic acids is 2. The summed E-state index contributed by atoms with van der Waals surface area (Å²) in [6, 6.07) is 6.90. The molecule has 0 unspecified atom stereocenters. The highest BCUT2D eigenvalue weighted by molar-refractivity contribution is 6.04. The van der Waals surface area contributed by atoms with Gasteiger partial charge < -0.3 is 19.7 Å². The van der Waals surface area contributed by atoms with E-state index in [2.05, 4.69) is 10.3 Å². The highest BCUT2D eigenvalue weighted by Crippen LogP contribution is 2.28. The van der Waals surface area contributed by atoms with E-state index in [1.807, 2.05) is 0 Å². The van der Waals surface area contributed by atoms with E-state index >= 15 is 0 Å². The fourth-order valence-corrected chi connectivity index (χ4v) is 2.68. The molecule has 2 heterocycles. The van der Waals surface area contributed by atoms with Gasteiger partial charge in [-0.2, -0.15) is 0 Å². The molecule has 0 atom stereocenters. The fraction of sp³-hybridized carbons (Fsp3) is 0.353. The van der Waals surface area contributed by atoms with Crippen LogP contribution in [-0.4, -0.2) is 55.1 Å². The molecule has 0 spiro atoms. The van der Waals surface area contributed by atoms with Crippen molar-refractivity contribution in [2.45, 2.75) is 6.92 Å². The molecule has 0 bridgehead atoms. The highest BCUT2D eigenvalue weighted by Gasteiger charge is 2.19. The minimum absolute atomic E-state index is 0.0511. The van der Waals surface area contributed by atoms with E-state index in [0.29, 0.717) is 54.3 Å². The highest BCUT2D eigenvalue weighted by atomic mass is 16.5. The number of benzene rings is 1. The summed E-state index contributed by atoms with van der Waals surface area (Å²) in [7, 11) is 1.52. The molecule has 1 N–H and O–H groups in total. The molecule has 24 heavy (non-hydrogen) atoms. The molecule has 1 fully saturated rings. The van der Waals surface area contributed by atoms with Gasteiger partial charge in [-0.05, 0) is 18.2 Å². The van der Waals surface area contributed by atoms with Gasteiger partial charge in [0.1, 0.15) is 0 Å². The van der Waals surface area contributed by atoms with Gasteiger partial charge in [-0.3, -0.25) is 9.59 Å². The first-order valence-corrected chi connectivity index (χ1v) is 7.72. The first-order chi connectivity index (χ1) is 11.6. The predicted octanol–water partition coefficient (Wildman–Crippen LogP) is 1.67. The number of pyridine rings is 1. The summed E-state index contributed by atoms with van der Waals surface area (Å²) in [5.74, 6) is 0.151. The summed E-state index contributed by atoms with van der Waals surface area (Å²) in [6.45, 7) is 3.69. The Hall–Kier alpha value is -2.67. The zero-order valence-electron chi connectivity index (χ0n) is 13.7. The number of hydrogen-bond acceptors (Lipinski definition) is 5. The van der Waals surface area contributed by atoms with Gasteiger partial charge in [-0.15, -0.1) is 0 Å². The van der Waals surface area contributed by atoms with Gasteiger partial charge in [0.15, 0.2) is 0 Å². The van der Waals surface area contributed by atoms with Crippen molar-refractivity contribution in [1.29, 1.82) is 0 Å². The van der Waals surface area contributed by atoms with Crippen LogP contribution in [0.5, 0.6) is 5.88 Å². The van der Waals surface area contributed by atoms with Gasteiger partial charge >= 0.3 is 0 Å². The van der Waals surface area contributed by atoms with Crippen LogP contribution in [0.3, 0.4) is 0 Å². The van der Waals surface area contributed by atoms with Gasteiger partial charge in [-0.25, -0.2) is 4.98 Å². The molecule has 2 amide bonds. The van der Waals surface area contributed by atoms with Gasteiger partial charge in [0.25, 0.3) is 5.91 Å². The molecule has 7 nitrogen and oxygen atoms in total. The number of nitrogens with one attached hydrogen (secondary N) is 1. The third kappa shape index (κ3) is 3.30. The molecule has 0 saturated carbocycles. The molecule has 3 rings (SSSR count). The van der Waals surface area contributed by atoms with E-state index < -0.39 is 0 Å². The minimum atomic E-state index is -0.200. The number of methoxy groups -OCH3 is 1. The Morgan fingerprint density at radius 3 is 2.67 bits per heavy atom. The van der Waals surface area contributed by atoms with E-state index in [4.69, 9.17) is 9.47 Å². The summed E-state index contributed by atoms with van der Waals surface area (Å²) in [6.07, 6.45) is 0. The molecule has 1 aliphatic rings. The second kappa shape index (κ2) is 6.84. The molecule has 126 valence electrons. The zero-order valence-corrected chi connectivity index (χ0v) is 13.7. The number of ether oxygens (including phenoxy) is 2. The minimum Gasteiger partial charge on any atom is -0.481 e. The summed E-state index contributed by atoms with van der Waals surface area (Å²) < 4.78 is 10.4. The van der Waals surface area contributed by atoms with Crippen LogP contribution in [0.4, 0.5) is 5.69 Å². The molecule has 1 aliphatic heterocycles. The largest absolute Gasteiger partial charge is 0.481 e. The number of aromatic nitrogens is 1. The summed E-state index contributed by atoms with van der Waals surface area (Å²) in [5.41, 5.74) is 1.78. The standard InChI is InChI=1S/C17H19N3O4/c1-11(21)18-15-10-16(23-2)19-14-4-3-12(9-13(14)15)17(22)20-5-7-24-8-6-20/h3-4,9-10H,5-8H2,1-2H3,(H,18,19,21). The van der Waals surface area contributed by atoms with Gasteiger partial charge in [0.05, 0.1) is 31.5 Å². The van der Waals surface area contributed by atoms with Crippen molar-refractivity contribution in [3.05, 3.63) is 29.8 Å². The Morgan fingerprint density at radius 1 is 1.25 bits per heavy atom. The third-order valence-corrected chi connectivity index (χ3v) is 3.85. The lowest BCUT2D eigenvalue weighted by atomic mass is 10.1. The van der Waals surface area contributed by atoms with Crippen molar-refractivity contribution in [3.63, 3.8) is 0 Å². The van der Waals surface area contributed by atoms with Gasteiger partial charge in [-0.1, -0.05) is 0 Å². The molecule has 1 saturated heterocycles. The first kappa shape index (κ1) is 16.2. The van der Waals surface area contributed by atoms with Crippen molar-refractivity contribution >= 4 is 28.4 Å². The Balaban J connectivity index is 2.02. The number of carbonyl (C=O) groups is 2. The number of rotatable bonds is 3. The average Bonchev–Trinajstić information content (AvgIpc) is 2.61. The Kier molecular flexibility index (Phi) is 4.61. The predicted molar refractivity (Wildman–Crippen MR) is 89.3 cm³/mol. The maximum Gasteiger partial charge on any atom is 0.254 e. The molecule has 0 radical (unpaired) electrons. The number of morpholine rings is 1. The van der Waals surface area contributed by atoms with Crippen LogP contribution >= 0.6 is 0 Å². The Labute approximate surface area is 139 Å². The van der Waals surface area contributed by atoms with Gasteiger partial charge in [0.2, 0.25) is 11.8 Å². The lowest BCUT2D eigenvalue weighted by Crippen LogP contribution is -2.40. The number of hydrogen-bond donors (Lipinski definition) is 1. The maximum absolute atomic E-state index is 12.6. The molecule has 0 aliphatic carbocycles. The molecule has 7 heteroatoms. The molecule has 1 aromatic heterocycles. The van der Waals surface area contributed by atoms with E-state index in [0.717, 1.165) is 0 Å². The quantitative estimate of drug-likeness (QED) is 0.926. The smallest absolute Gasteiger partial charge is 0.254 e. The van der Waals surface area contributed by atoms with Crippen LogP contribution < -0.4 is 10.1 Å². The lowest BCUT2D eigenvalue weighted by Gasteiger charge is -2.27. The van der Waals surface area contributed by atoms with Crippen molar-refractivity contribution < 1.29 is 19.1 Å². The summed E-state index contributed by atoms with van der Waals surface area (Å²) in [5, 5.41) is 3.46. The first-order valence-electron chi connectivity index (χ1n) is 7.72. The summed E-state index contributed by atoms with van der Waals surface area (Å²) in [4.78, 5) is 30.2. The lowest BCUT2D eigenvalue weighted by molar-refractivity contribution is -0.114. The van der Waals surface area contributed by atoms with Crippen molar-refractivity contribution in [1.82, 2.24) is 9.88 Å². The molecule has 1 aromatic carbocycles. The second-order valence-corrected chi connectivity index (χ2v) is 5.53. The molecule has 2 aromatic rings. The van der Waals surface area contributed by atoms with Crippen molar-refractivity contribution in [2.75, 3.05) is 38.7 Å². The summed E-state index contributed by atoms with van der Waals surface area (Å²) >= 11 is 0. The fourth-order valence-electron chi connectivity index (χ4n) is 2.68. The third-order valence-electron chi connectivity index (χ3n) is 3.85. The Morgan fingerprint density at radius 2 is 2.00 bits per heavy atom. The number of anilines is 1. The van der Waals surface area contributed by atoms with E-state index in [1.54, 1.807) is 29.2 Å². The van der Waals surface area contributed by atoms with E-state index in [-0.39, 0.29) is 11.8 Å². The number of nitrogens with zero attached hydrogens (tertiary/aromatic N) is 2. The van der Waals surface area contributed by atoms with Crippen LogP contribution in [0.25, 0.3) is 10.9 Å². The zero-order chi connectivity index (χ0) is 17.1. The van der Waals surface area contributed by atoms with E-state index in [9.17, 15) is 9.59 Å². The van der Waals surface area contributed by atoms with Gasteiger partial charge in [0, 0.05) is 37.0 Å². The van der Waals surface area contributed by atoms with E-state index in [1.165, 1.54) is 14.0 Å². The SMILES string of the molecule is COc1cc(NC(C)=O)c2cc(C(=O)N3CCOCC3)ccc2n1.